The normalized spacial score (nSPS) is 10.4. The highest BCUT2D eigenvalue weighted by Gasteiger charge is 2.09. The highest BCUT2D eigenvalue weighted by molar-refractivity contribution is 7.99. The Morgan fingerprint density at radius 2 is 2.35 bits per heavy atom. The van der Waals surface area contributed by atoms with Crippen LogP contribution in [0.15, 0.2) is 28.9 Å². The number of rotatable bonds is 5. The highest BCUT2D eigenvalue weighted by Crippen LogP contribution is 2.15. The van der Waals surface area contributed by atoms with Gasteiger partial charge in [-0.05, 0) is 12.1 Å². The molecule has 0 saturated heterocycles. The van der Waals surface area contributed by atoms with Crippen LogP contribution >= 0.6 is 11.8 Å². The molecule has 0 unspecified atom stereocenters. The van der Waals surface area contributed by atoms with Crippen LogP contribution in [-0.2, 0) is 10.5 Å². The van der Waals surface area contributed by atoms with Gasteiger partial charge in [0.05, 0.1) is 11.5 Å². The topological polar surface area (TPSA) is 89.1 Å². The highest BCUT2D eigenvalue weighted by atomic mass is 32.2. The van der Waals surface area contributed by atoms with Crippen LogP contribution in [0.4, 0.5) is 0 Å². The Labute approximate surface area is 101 Å². The van der Waals surface area contributed by atoms with Crippen molar-refractivity contribution in [3.8, 4) is 11.5 Å². The lowest BCUT2D eigenvalue weighted by Gasteiger charge is -1.91. The Morgan fingerprint density at radius 1 is 1.47 bits per heavy atom. The number of pyridine rings is 1. The van der Waals surface area contributed by atoms with E-state index in [1.165, 1.54) is 11.8 Å². The fraction of sp³-hybridized carbons (Fsp3) is 0.200. The zero-order chi connectivity index (χ0) is 12.1. The van der Waals surface area contributed by atoms with Crippen LogP contribution in [0.1, 0.15) is 5.89 Å². The van der Waals surface area contributed by atoms with E-state index in [2.05, 4.69) is 15.1 Å². The Hall–Kier alpha value is -1.89. The van der Waals surface area contributed by atoms with Gasteiger partial charge in [0.25, 0.3) is 0 Å². The standard InChI is InChI=1S/C10H9N3O3S/c14-9(15)6-17-5-8-12-10(13-16-8)7-3-1-2-4-11-7/h1-4H,5-6H2,(H,14,15). The molecule has 0 aliphatic heterocycles. The van der Waals surface area contributed by atoms with Gasteiger partial charge in [0, 0.05) is 6.20 Å². The molecule has 0 atom stereocenters. The molecular weight excluding hydrogens is 242 g/mol. The maximum Gasteiger partial charge on any atom is 0.313 e. The maximum absolute atomic E-state index is 10.3. The molecule has 88 valence electrons. The van der Waals surface area contributed by atoms with Crippen molar-refractivity contribution in [2.24, 2.45) is 0 Å². The SMILES string of the molecule is O=C(O)CSCc1nc(-c2ccccn2)no1. The summed E-state index contributed by atoms with van der Waals surface area (Å²) in [5, 5.41) is 12.3. The number of nitrogens with zero attached hydrogens (tertiary/aromatic N) is 3. The van der Waals surface area contributed by atoms with Crippen molar-refractivity contribution in [2.45, 2.75) is 5.75 Å². The van der Waals surface area contributed by atoms with Gasteiger partial charge in [-0.25, -0.2) is 0 Å². The minimum absolute atomic E-state index is 0.0152. The Kier molecular flexibility index (Phi) is 3.71. The summed E-state index contributed by atoms with van der Waals surface area (Å²) in [5.41, 5.74) is 0.630. The molecule has 2 aromatic rings. The third-order valence-electron chi connectivity index (χ3n) is 1.81. The van der Waals surface area contributed by atoms with E-state index in [1.807, 2.05) is 6.07 Å². The first-order chi connectivity index (χ1) is 8.25. The molecule has 0 spiro atoms. The van der Waals surface area contributed by atoms with Gasteiger partial charge >= 0.3 is 5.97 Å². The summed E-state index contributed by atoms with van der Waals surface area (Å²) >= 11 is 1.21. The van der Waals surface area contributed by atoms with Gasteiger partial charge < -0.3 is 9.63 Å². The van der Waals surface area contributed by atoms with Gasteiger partial charge in [-0.3, -0.25) is 9.78 Å². The average molecular weight is 251 g/mol. The molecular formula is C10H9N3O3S. The smallest absolute Gasteiger partial charge is 0.313 e. The first-order valence-corrected chi connectivity index (χ1v) is 5.94. The zero-order valence-corrected chi connectivity index (χ0v) is 9.55. The number of carboxylic acids is 1. The largest absolute Gasteiger partial charge is 0.481 e. The second-order valence-corrected chi connectivity index (χ2v) is 4.10. The summed E-state index contributed by atoms with van der Waals surface area (Å²) < 4.78 is 4.99. The molecule has 6 nitrogen and oxygen atoms in total. The minimum atomic E-state index is -0.862. The second kappa shape index (κ2) is 5.44. The lowest BCUT2D eigenvalue weighted by Crippen LogP contribution is -1.98. The number of aromatic nitrogens is 3. The summed E-state index contributed by atoms with van der Waals surface area (Å²) in [6, 6.07) is 5.41. The fourth-order valence-electron chi connectivity index (χ4n) is 1.14. The van der Waals surface area contributed by atoms with E-state index in [9.17, 15) is 4.79 Å². The van der Waals surface area contributed by atoms with Crippen molar-refractivity contribution in [2.75, 3.05) is 5.75 Å². The van der Waals surface area contributed by atoms with Gasteiger partial charge in [-0.1, -0.05) is 11.2 Å². The number of hydrogen-bond donors (Lipinski definition) is 1. The molecule has 2 heterocycles. The number of carbonyl (C=O) groups is 1. The third kappa shape index (κ3) is 3.28. The third-order valence-corrected chi connectivity index (χ3v) is 2.72. The number of aliphatic carboxylic acids is 1. The van der Waals surface area contributed by atoms with Gasteiger partial charge in [-0.2, -0.15) is 4.98 Å². The summed E-state index contributed by atoms with van der Waals surface area (Å²) in [7, 11) is 0. The minimum Gasteiger partial charge on any atom is -0.481 e. The molecule has 17 heavy (non-hydrogen) atoms. The fourth-order valence-corrected chi connectivity index (χ4v) is 1.71. The Bertz CT molecular complexity index is 501. The molecule has 0 aliphatic rings. The molecule has 0 fully saturated rings. The van der Waals surface area contributed by atoms with Crippen molar-refractivity contribution in [1.82, 2.24) is 15.1 Å². The summed E-state index contributed by atoms with van der Waals surface area (Å²) in [4.78, 5) is 18.5. The van der Waals surface area contributed by atoms with Crippen molar-refractivity contribution in [3.63, 3.8) is 0 Å². The van der Waals surface area contributed by atoms with E-state index in [0.717, 1.165) is 0 Å². The monoisotopic (exact) mass is 251 g/mol. The van der Waals surface area contributed by atoms with E-state index >= 15 is 0 Å². The van der Waals surface area contributed by atoms with Crippen LogP contribution in [0.25, 0.3) is 11.5 Å². The molecule has 0 saturated carbocycles. The van der Waals surface area contributed by atoms with Crippen molar-refractivity contribution in [1.29, 1.82) is 0 Å². The van der Waals surface area contributed by atoms with Crippen LogP contribution in [0, 0.1) is 0 Å². The lowest BCUT2D eigenvalue weighted by molar-refractivity contribution is -0.133. The van der Waals surface area contributed by atoms with Gasteiger partial charge in [-0.15, -0.1) is 11.8 Å². The lowest BCUT2D eigenvalue weighted by atomic mass is 10.3. The first kappa shape index (κ1) is 11.6. The van der Waals surface area contributed by atoms with Gasteiger partial charge in [0.2, 0.25) is 11.7 Å². The van der Waals surface area contributed by atoms with Gasteiger partial charge in [0.1, 0.15) is 5.69 Å². The van der Waals surface area contributed by atoms with Crippen molar-refractivity contribution >= 4 is 17.7 Å². The molecule has 7 heteroatoms. The van der Waals surface area contributed by atoms with Crippen LogP contribution in [0.3, 0.4) is 0 Å². The average Bonchev–Trinajstić information content (AvgIpc) is 2.78. The number of carboxylic acid groups (broad SMARTS) is 1. The van der Waals surface area contributed by atoms with E-state index in [4.69, 9.17) is 9.63 Å². The quantitative estimate of drug-likeness (QED) is 0.860. The summed E-state index contributed by atoms with van der Waals surface area (Å²) in [6.07, 6.45) is 1.64. The van der Waals surface area contributed by atoms with Crippen molar-refractivity contribution in [3.05, 3.63) is 30.3 Å². The summed E-state index contributed by atoms with van der Waals surface area (Å²) in [6.45, 7) is 0. The zero-order valence-electron chi connectivity index (χ0n) is 8.74. The van der Waals surface area contributed by atoms with E-state index in [-0.39, 0.29) is 5.75 Å². The molecule has 0 radical (unpaired) electrons. The molecule has 2 rings (SSSR count). The van der Waals surface area contributed by atoms with E-state index in [0.29, 0.717) is 23.2 Å². The summed E-state index contributed by atoms with van der Waals surface area (Å²) in [5.74, 6) is 0.348. The number of thioether (sulfide) groups is 1. The molecule has 0 bridgehead atoms. The maximum atomic E-state index is 10.3. The second-order valence-electron chi connectivity index (χ2n) is 3.11. The van der Waals surface area contributed by atoms with Crippen LogP contribution in [0.5, 0.6) is 0 Å². The Balaban J connectivity index is 1.99. The Morgan fingerprint density at radius 3 is 3.06 bits per heavy atom. The van der Waals surface area contributed by atoms with Crippen molar-refractivity contribution < 1.29 is 14.4 Å². The molecule has 2 aromatic heterocycles. The molecule has 0 amide bonds. The van der Waals surface area contributed by atoms with Crippen LogP contribution < -0.4 is 0 Å². The first-order valence-electron chi connectivity index (χ1n) is 4.79. The predicted molar refractivity (Wildman–Crippen MR) is 61.3 cm³/mol. The van der Waals surface area contributed by atoms with Gasteiger partial charge in [0.15, 0.2) is 0 Å². The van der Waals surface area contributed by atoms with E-state index < -0.39 is 5.97 Å². The molecule has 0 aromatic carbocycles. The predicted octanol–water partition coefficient (Wildman–Crippen LogP) is 1.45. The molecule has 1 N–H and O–H groups in total. The van der Waals surface area contributed by atoms with Crippen LogP contribution in [-0.4, -0.2) is 32.0 Å². The van der Waals surface area contributed by atoms with Crippen LogP contribution in [0.2, 0.25) is 0 Å². The van der Waals surface area contributed by atoms with E-state index in [1.54, 1.807) is 18.3 Å². The number of hydrogen-bond acceptors (Lipinski definition) is 6. The molecule has 0 aliphatic carbocycles.